The molecule has 1 amide bonds. The zero-order valence-corrected chi connectivity index (χ0v) is 20.9. The van der Waals surface area contributed by atoms with Gasteiger partial charge in [-0.2, -0.15) is 0 Å². The highest BCUT2D eigenvalue weighted by molar-refractivity contribution is 6.05. The molecule has 7 nitrogen and oxygen atoms in total. The molecule has 1 saturated carbocycles. The van der Waals surface area contributed by atoms with Crippen LogP contribution in [0.3, 0.4) is 0 Å². The monoisotopic (exact) mass is 479 g/mol. The summed E-state index contributed by atoms with van der Waals surface area (Å²) in [6.07, 6.45) is 4.30. The highest BCUT2D eigenvalue weighted by Crippen LogP contribution is 2.47. The minimum absolute atomic E-state index is 0.126. The first kappa shape index (κ1) is 24.9. The number of quaternary nitrogens is 1. The van der Waals surface area contributed by atoms with Gasteiger partial charge in [0.1, 0.15) is 6.61 Å². The van der Waals surface area contributed by atoms with Gasteiger partial charge in [-0.3, -0.25) is 4.79 Å². The van der Waals surface area contributed by atoms with Crippen molar-refractivity contribution < 1.29 is 28.3 Å². The average molecular weight is 480 g/mol. The Morgan fingerprint density at radius 1 is 1.00 bits per heavy atom. The number of methoxy groups -OCH3 is 1. The van der Waals surface area contributed by atoms with E-state index < -0.39 is 11.5 Å². The number of carbonyl (C=O) groups is 3. The molecule has 1 N–H and O–H groups in total. The third kappa shape index (κ3) is 4.82. The van der Waals surface area contributed by atoms with Crippen LogP contribution in [0.25, 0.3) is 0 Å². The maximum atomic E-state index is 13.9. The molecule has 35 heavy (non-hydrogen) atoms. The molecule has 0 atom stereocenters. The number of benzene rings is 2. The molecule has 1 aliphatic heterocycles. The van der Waals surface area contributed by atoms with E-state index in [0.29, 0.717) is 28.6 Å². The first-order valence-electron chi connectivity index (χ1n) is 12.4. The van der Waals surface area contributed by atoms with E-state index in [0.717, 1.165) is 49.0 Å². The number of likely N-dealkylation sites (tertiary alicyclic amines) is 1. The quantitative estimate of drug-likeness (QED) is 0.451. The highest BCUT2D eigenvalue weighted by Gasteiger charge is 2.62. The second-order valence-corrected chi connectivity index (χ2v) is 9.94. The van der Waals surface area contributed by atoms with Crippen LogP contribution in [0.15, 0.2) is 42.5 Å². The topological polar surface area (TPSA) is 81.7 Å². The summed E-state index contributed by atoms with van der Waals surface area (Å²) in [6, 6.07) is 13.3. The van der Waals surface area contributed by atoms with Gasteiger partial charge in [0.05, 0.1) is 31.5 Å². The van der Waals surface area contributed by atoms with Crippen molar-refractivity contribution in [1.29, 1.82) is 0 Å². The van der Waals surface area contributed by atoms with Crippen LogP contribution >= 0.6 is 0 Å². The van der Waals surface area contributed by atoms with E-state index in [1.165, 1.54) is 7.11 Å². The number of hydrogen-bond acceptors (Lipinski definition) is 5. The van der Waals surface area contributed by atoms with E-state index in [9.17, 15) is 14.4 Å². The second kappa shape index (κ2) is 10.2. The van der Waals surface area contributed by atoms with Gasteiger partial charge in [0.15, 0.2) is 12.1 Å². The Balaban J connectivity index is 1.57. The lowest BCUT2D eigenvalue weighted by atomic mass is 9.72. The lowest BCUT2D eigenvalue weighted by Crippen LogP contribution is -2.72. The number of esters is 2. The van der Waals surface area contributed by atoms with Crippen LogP contribution in [-0.4, -0.2) is 54.6 Å². The summed E-state index contributed by atoms with van der Waals surface area (Å²) >= 11 is 0. The normalized spacial score (nSPS) is 17.8. The summed E-state index contributed by atoms with van der Waals surface area (Å²) in [7, 11) is 1.34. The molecule has 0 aromatic heterocycles. The number of ether oxygens (including phenoxy) is 2. The molecular formula is C28H35N2O5+. The molecule has 0 bridgehead atoms. The summed E-state index contributed by atoms with van der Waals surface area (Å²) in [5.74, 6) is -0.889. The first-order chi connectivity index (χ1) is 16.8. The number of hydrogen-bond donors (Lipinski definition) is 1. The van der Waals surface area contributed by atoms with E-state index in [4.69, 9.17) is 9.47 Å². The lowest BCUT2D eigenvalue weighted by molar-refractivity contribution is -0.955. The van der Waals surface area contributed by atoms with Crippen LogP contribution < -0.4 is 5.32 Å². The fraction of sp³-hybridized carbons (Fsp3) is 0.464. The van der Waals surface area contributed by atoms with Crippen LogP contribution in [0.2, 0.25) is 0 Å². The van der Waals surface area contributed by atoms with E-state index in [2.05, 4.69) is 5.32 Å². The summed E-state index contributed by atoms with van der Waals surface area (Å²) < 4.78 is 11.0. The van der Waals surface area contributed by atoms with Crippen LogP contribution in [0.4, 0.5) is 5.69 Å². The zero-order chi connectivity index (χ0) is 25.1. The molecule has 2 aromatic carbocycles. The minimum Gasteiger partial charge on any atom is -0.465 e. The Morgan fingerprint density at radius 3 is 2.29 bits per heavy atom. The number of nitrogens with zero attached hydrogens (tertiary/aromatic N) is 1. The van der Waals surface area contributed by atoms with Gasteiger partial charge in [-0.1, -0.05) is 36.4 Å². The maximum absolute atomic E-state index is 13.9. The molecule has 1 saturated heterocycles. The molecule has 0 unspecified atom stereocenters. The molecule has 0 spiro atoms. The number of amides is 1. The molecule has 4 rings (SSSR count). The predicted molar refractivity (Wildman–Crippen MR) is 133 cm³/mol. The van der Waals surface area contributed by atoms with Crippen LogP contribution in [-0.2, 0) is 25.7 Å². The van der Waals surface area contributed by atoms with E-state index >= 15 is 0 Å². The van der Waals surface area contributed by atoms with Crippen molar-refractivity contribution in [3.05, 3.63) is 64.7 Å². The molecule has 7 heteroatoms. The summed E-state index contributed by atoms with van der Waals surface area (Å²) in [5, 5.41) is 3.09. The number of rotatable bonds is 8. The summed E-state index contributed by atoms with van der Waals surface area (Å²) in [6.45, 7) is 5.73. The van der Waals surface area contributed by atoms with E-state index in [1.54, 1.807) is 6.07 Å². The van der Waals surface area contributed by atoms with Gasteiger partial charge in [-0.15, -0.1) is 0 Å². The van der Waals surface area contributed by atoms with Crippen molar-refractivity contribution in [2.45, 2.75) is 58.1 Å². The number of aryl methyl sites for hydroxylation is 2. The number of carbonyl (C=O) groups excluding carboxylic acids is 3. The molecule has 1 aliphatic carbocycles. The molecule has 1 heterocycles. The molecular weight excluding hydrogens is 444 g/mol. The Morgan fingerprint density at radius 2 is 1.69 bits per heavy atom. The third-order valence-corrected chi connectivity index (χ3v) is 7.73. The summed E-state index contributed by atoms with van der Waals surface area (Å²) in [5.41, 5.74) is 2.81. The van der Waals surface area contributed by atoms with Crippen molar-refractivity contribution in [3.8, 4) is 0 Å². The van der Waals surface area contributed by atoms with Crippen LogP contribution in [0.5, 0.6) is 0 Å². The van der Waals surface area contributed by atoms with E-state index in [1.807, 2.05) is 50.2 Å². The smallest absolute Gasteiger partial charge is 0.362 e. The zero-order valence-electron chi connectivity index (χ0n) is 20.9. The Hall–Kier alpha value is -3.19. The Labute approximate surface area is 207 Å². The highest BCUT2D eigenvalue weighted by atomic mass is 16.5. The standard InChI is InChI=1S/C28H34N2O5/c1-20-16-21(2)25(23(17-20)26(32)34-3)29-27(33)28(12-9-13-28)30(14-7-8-15-30)18-24(31)35-19-22-10-5-4-6-11-22/h4-6,10-11,16-17H,7-9,12-15,18-19H2,1-3H3/p+1. The minimum atomic E-state index is -0.701. The predicted octanol–water partition coefficient (Wildman–Crippen LogP) is 4.31. The van der Waals surface area contributed by atoms with Gasteiger partial charge in [-0.05, 0) is 43.0 Å². The van der Waals surface area contributed by atoms with Crippen LogP contribution in [0.1, 0.15) is 59.2 Å². The number of anilines is 1. The van der Waals surface area contributed by atoms with Crippen molar-refractivity contribution >= 4 is 23.5 Å². The third-order valence-electron chi connectivity index (χ3n) is 7.73. The van der Waals surface area contributed by atoms with Crippen molar-refractivity contribution in [1.82, 2.24) is 0 Å². The molecule has 2 fully saturated rings. The van der Waals surface area contributed by atoms with Gasteiger partial charge in [-0.25, -0.2) is 9.59 Å². The molecule has 186 valence electrons. The molecule has 2 aromatic rings. The van der Waals surface area contributed by atoms with Gasteiger partial charge in [0.2, 0.25) is 0 Å². The SMILES string of the molecule is COC(=O)c1cc(C)cc(C)c1NC(=O)C1([N+]2(CC(=O)OCc3ccccc3)CCCC2)CCC1. The Bertz CT molecular complexity index is 1100. The summed E-state index contributed by atoms with van der Waals surface area (Å²) in [4.78, 5) is 39.4. The van der Waals surface area contributed by atoms with Gasteiger partial charge in [0.25, 0.3) is 5.91 Å². The molecule has 2 aliphatic rings. The lowest BCUT2D eigenvalue weighted by Gasteiger charge is -2.54. The number of nitrogens with one attached hydrogen (secondary N) is 1. The second-order valence-electron chi connectivity index (χ2n) is 9.94. The fourth-order valence-corrected chi connectivity index (χ4v) is 5.77. The molecule has 0 radical (unpaired) electrons. The van der Waals surface area contributed by atoms with Gasteiger partial charge in [0, 0.05) is 25.7 Å². The van der Waals surface area contributed by atoms with Crippen LogP contribution in [0, 0.1) is 13.8 Å². The largest absolute Gasteiger partial charge is 0.465 e. The van der Waals surface area contributed by atoms with Crippen molar-refractivity contribution in [3.63, 3.8) is 0 Å². The Kier molecular flexibility index (Phi) is 7.26. The van der Waals surface area contributed by atoms with Gasteiger partial charge >= 0.3 is 11.9 Å². The average Bonchev–Trinajstić information content (AvgIpc) is 3.27. The van der Waals surface area contributed by atoms with Crippen molar-refractivity contribution in [2.75, 3.05) is 32.1 Å². The first-order valence-corrected chi connectivity index (χ1v) is 12.4. The van der Waals surface area contributed by atoms with Gasteiger partial charge < -0.3 is 19.3 Å². The fourth-order valence-electron chi connectivity index (χ4n) is 5.77. The van der Waals surface area contributed by atoms with E-state index in [-0.39, 0.29) is 25.0 Å². The van der Waals surface area contributed by atoms with Crippen molar-refractivity contribution in [2.24, 2.45) is 0 Å². The maximum Gasteiger partial charge on any atom is 0.362 e.